The number of ether oxygens (including phenoxy) is 1. The number of unbranched alkanes of at least 4 members (excludes halogenated alkanes) is 1. The summed E-state index contributed by atoms with van der Waals surface area (Å²) in [5.74, 6) is 0.323. The smallest absolute Gasteiger partial charge is 0.320 e. The lowest BCUT2D eigenvalue weighted by Crippen LogP contribution is -2.04. The van der Waals surface area contributed by atoms with Gasteiger partial charge in [0.1, 0.15) is 5.52 Å². The Morgan fingerprint density at radius 3 is 2.94 bits per heavy atom. The molecular formula is C11H17N5O2. The fourth-order valence-electron chi connectivity index (χ4n) is 1.70. The van der Waals surface area contributed by atoms with Crippen LogP contribution in [0.15, 0.2) is 6.33 Å². The lowest BCUT2D eigenvalue weighted by atomic mass is 10.3. The molecule has 7 nitrogen and oxygen atoms in total. The molecule has 0 aliphatic carbocycles. The highest BCUT2D eigenvalue weighted by Gasteiger charge is 2.11. The maximum atomic E-state index is 8.78. The Hall–Kier alpha value is -1.89. The van der Waals surface area contributed by atoms with Crippen LogP contribution in [0, 0.1) is 0 Å². The van der Waals surface area contributed by atoms with Gasteiger partial charge in [0.25, 0.3) is 0 Å². The number of hydrogen-bond donors (Lipinski definition) is 2. The van der Waals surface area contributed by atoms with Crippen LogP contribution in [0.4, 0.5) is 5.82 Å². The van der Waals surface area contributed by atoms with E-state index in [-0.39, 0.29) is 12.6 Å². The van der Waals surface area contributed by atoms with E-state index in [0.717, 1.165) is 19.4 Å². The molecule has 18 heavy (non-hydrogen) atoms. The highest BCUT2D eigenvalue weighted by Crippen LogP contribution is 2.19. The van der Waals surface area contributed by atoms with Gasteiger partial charge in [0, 0.05) is 13.2 Å². The number of aryl methyl sites for hydroxylation is 1. The molecule has 0 saturated heterocycles. The highest BCUT2D eigenvalue weighted by molar-refractivity contribution is 5.81. The summed E-state index contributed by atoms with van der Waals surface area (Å²) in [7, 11) is 0. The Kier molecular flexibility index (Phi) is 3.93. The van der Waals surface area contributed by atoms with Gasteiger partial charge in [-0.2, -0.15) is 9.97 Å². The SMILES string of the molecule is CCOc1nc(N)c2ncn(CCCCO)c2n1. The van der Waals surface area contributed by atoms with Gasteiger partial charge in [-0.05, 0) is 19.8 Å². The molecule has 7 heteroatoms. The van der Waals surface area contributed by atoms with E-state index < -0.39 is 0 Å². The molecule has 0 aliphatic heterocycles. The van der Waals surface area contributed by atoms with E-state index in [4.69, 9.17) is 15.6 Å². The predicted molar refractivity (Wildman–Crippen MR) is 67.2 cm³/mol. The topological polar surface area (TPSA) is 99.1 Å². The summed E-state index contributed by atoms with van der Waals surface area (Å²) >= 11 is 0. The molecular weight excluding hydrogens is 234 g/mol. The summed E-state index contributed by atoms with van der Waals surface area (Å²) < 4.78 is 7.16. The largest absolute Gasteiger partial charge is 0.464 e. The summed E-state index contributed by atoms with van der Waals surface area (Å²) in [6.07, 6.45) is 3.29. The monoisotopic (exact) mass is 251 g/mol. The zero-order chi connectivity index (χ0) is 13.0. The number of anilines is 1. The number of aliphatic hydroxyl groups is 1. The molecule has 0 atom stereocenters. The molecule has 2 heterocycles. The Morgan fingerprint density at radius 2 is 2.22 bits per heavy atom. The van der Waals surface area contributed by atoms with Crippen LogP contribution in [0.2, 0.25) is 0 Å². The summed E-state index contributed by atoms with van der Waals surface area (Å²) in [5.41, 5.74) is 7.06. The van der Waals surface area contributed by atoms with Gasteiger partial charge in [-0.15, -0.1) is 0 Å². The van der Waals surface area contributed by atoms with Crippen molar-refractivity contribution in [3.05, 3.63) is 6.33 Å². The number of nitrogen functional groups attached to an aromatic ring is 1. The van der Waals surface area contributed by atoms with E-state index in [2.05, 4.69) is 15.0 Å². The molecule has 0 spiro atoms. The Labute approximate surface area is 105 Å². The van der Waals surface area contributed by atoms with Crippen molar-refractivity contribution in [1.29, 1.82) is 0 Å². The molecule has 3 N–H and O–H groups in total. The quantitative estimate of drug-likeness (QED) is 0.728. The number of rotatable bonds is 6. The van der Waals surface area contributed by atoms with Gasteiger partial charge >= 0.3 is 6.01 Å². The maximum Gasteiger partial charge on any atom is 0.320 e. The molecule has 0 amide bonds. The fourth-order valence-corrected chi connectivity index (χ4v) is 1.70. The molecule has 0 radical (unpaired) electrons. The second-order valence-corrected chi connectivity index (χ2v) is 3.87. The van der Waals surface area contributed by atoms with Gasteiger partial charge in [-0.3, -0.25) is 0 Å². The second kappa shape index (κ2) is 5.63. The van der Waals surface area contributed by atoms with E-state index in [0.29, 0.717) is 23.6 Å². The van der Waals surface area contributed by atoms with Crippen molar-refractivity contribution in [3.63, 3.8) is 0 Å². The van der Waals surface area contributed by atoms with Crippen LogP contribution in [0.3, 0.4) is 0 Å². The first-order valence-corrected chi connectivity index (χ1v) is 5.98. The van der Waals surface area contributed by atoms with Crippen LogP contribution in [0.1, 0.15) is 19.8 Å². The highest BCUT2D eigenvalue weighted by atomic mass is 16.5. The number of aromatic nitrogens is 4. The normalized spacial score (nSPS) is 11.0. The predicted octanol–water partition coefficient (Wildman–Crippen LogP) is 0.580. The Balaban J connectivity index is 2.30. The third-order valence-electron chi connectivity index (χ3n) is 2.55. The average molecular weight is 251 g/mol. The average Bonchev–Trinajstić information content (AvgIpc) is 2.74. The van der Waals surface area contributed by atoms with Crippen LogP contribution in [0.25, 0.3) is 11.2 Å². The van der Waals surface area contributed by atoms with Crippen molar-refractivity contribution in [3.8, 4) is 6.01 Å². The number of nitrogens with zero attached hydrogens (tertiary/aromatic N) is 4. The van der Waals surface area contributed by atoms with Crippen LogP contribution < -0.4 is 10.5 Å². The van der Waals surface area contributed by atoms with Crippen LogP contribution in [0.5, 0.6) is 6.01 Å². The molecule has 0 aromatic carbocycles. The maximum absolute atomic E-state index is 8.78. The van der Waals surface area contributed by atoms with Gasteiger partial charge in [-0.25, -0.2) is 4.98 Å². The van der Waals surface area contributed by atoms with Crippen molar-refractivity contribution in [1.82, 2.24) is 19.5 Å². The van der Waals surface area contributed by atoms with Crippen LogP contribution >= 0.6 is 0 Å². The second-order valence-electron chi connectivity index (χ2n) is 3.87. The molecule has 2 aromatic heterocycles. The van der Waals surface area contributed by atoms with E-state index >= 15 is 0 Å². The number of aliphatic hydroxyl groups excluding tert-OH is 1. The first-order chi connectivity index (χ1) is 8.76. The van der Waals surface area contributed by atoms with Crippen LogP contribution in [-0.4, -0.2) is 37.8 Å². The van der Waals surface area contributed by atoms with E-state index in [9.17, 15) is 0 Å². The number of hydrogen-bond acceptors (Lipinski definition) is 6. The molecule has 0 saturated carbocycles. The number of fused-ring (bicyclic) bond motifs is 1. The Bertz CT molecular complexity index is 525. The zero-order valence-corrected chi connectivity index (χ0v) is 10.3. The molecule has 0 unspecified atom stereocenters. The summed E-state index contributed by atoms with van der Waals surface area (Å²) in [4.78, 5) is 12.5. The first-order valence-electron chi connectivity index (χ1n) is 5.98. The van der Waals surface area contributed by atoms with Crippen molar-refractivity contribution in [2.45, 2.75) is 26.3 Å². The van der Waals surface area contributed by atoms with Crippen LogP contribution in [-0.2, 0) is 6.54 Å². The van der Waals surface area contributed by atoms with Crippen molar-refractivity contribution in [2.75, 3.05) is 18.9 Å². The summed E-state index contributed by atoms with van der Waals surface area (Å²) in [6, 6.07) is 0.270. The third-order valence-corrected chi connectivity index (χ3v) is 2.55. The van der Waals surface area contributed by atoms with Crippen molar-refractivity contribution in [2.24, 2.45) is 0 Å². The minimum atomic E-state index is 0.188. The number of nitrogens with two attached hydrogens (primary N) is 1. The van der Waals surface area contributed by atoms with Gasteiger partial charge in [0.05, 0.1) is 12.9 Å². The van der Waals surface area contributed by atoms with E-state index in [1.165, 1.54) is 0 Å². The molecule has 2 rings (SSSR count). The molecule has 0 aliphatic rings. The summed E-state index contributed by atoms with van der Waals surface area (Å²) in [6.45, 7) is 3.28. The molecule has 0 bridgehead atoms. The van der Waals surface area contributed by atoms with Crippen molar-refractivity contribution < 1.29 is 9.84 Å². The van der Waals surface area contributed by atoms with Gasteiger partial charge in [-0.1, -0.05) is 0 Å². The standard InChI is InChI=1S/C11H17N5O2/c1-2-18-11-14-9(12)8-10(15-11)16(7-13-8)5-3-4-6-17/h7,17H,2-6H2,1H3,(H2,12,14,15). The fraction of sp³-hybridized carbons (Fsp3) is 0.545. The molecule has 98 valence electrons. The van der Waals surface area contributed by atoms with Gasteiger partial charge in [0.15, 0.2) is 11.5 Å². The Morgan fingerprint density at radius 1 is 1.39 bits per heavy atom. The lowest BCUT2D eigenvalue weighted by molar-refractivity contribution is 0.281. The lowest BCUT2D eigenvalue weighted by Gasteiger charge is -2.05. The van der Waals surface area contributed by atoms with Gasteiger partial charge < -0.3 is 20.1 Å². The van der Waals surface area contributed by atoms with E-state index in [1.54, 1.807) is 6.33 Å². The first kappa shape index (κ1) is 12.6. The minimum Gasteiger partial charge on any atom is -0.464 e. The summed E-state index contributed by atoms with van der Waals surface area (Å²) in [5, 5.41) is 8.78. The van der Waals surface area contributed by atoms with Crippen molar-refractivity contribution >= 4 is 17.0 Å². The minimum absolute atomic E-state index is 0.188. The third kappa shape index (κ3) is 2.51. The molecule has 0 fully saturated rings. The molecule has 2 aromatic rings. The van der Waals surface area contributed by atoms with E-state index in [1.807, 2.05) is 11.5 Å². The number of imidazole rings is 1. The van der Waals surface area contributed by atoms with Gasteiger partial charge in [0.2, 0.25) is 0 Å². The zero-order valence-electron chi connectivity index (χ0n) is 10.3.